The van der Waals surface area contributed by atoms with Gasteiger partial charge >= 0.3 is 26.2 Å². The summed E-state index contributed by atoms with van der Waals surface area (Å²) in [6.45, 7) is 8.67. The Bertz CT molecular complexity index is 752. The molecule has 3 heteroatoms. The number of hydrogen-bond donors (Lipinski definition) is 0. The molecule has 3 aromatic carbocycles. The van der Waals surface area contributed by atoms with Gasteiger partial charge in [0.25, 0.3) is 0 Å². The van der Waals surface area contributed by atoms with Gasteiger partial charge in [0.05, 0.1) is 0 Å². The van der Waals surface area contributed by atoms with Gasteiger partial charge in [-0.15, -0.1) is 28.5 Å². The van der Waals surface area contributed by atoms with Crippen LogP contribution in [0.25, 0.3) is 21.9 Å². The summed E-state index contributed by atoms with van der Waals surface area (Å²) in [7, 11) is 0. The third-order valence-electron chi connectivity index (χ3n) is 3.64. The van der Waals surface area contributed by atoms with E-state index in [1.165, 1.54) is 44.2 Å². The summed E-state index contributed by atoms with van der Waals surface area (Å²) in [5.41, 5.74) is 8.01. The Balaban J connectivity index is 0.00000147. The molecule has 0 aromatic heterocycles. The summed E-state index contributed by atoms with van der Waals surface area (Å²) in [6.07, 6.45) is 0. The number of aryl methyl sites for hydroxylation is 4. The first-order valence-corrected chi connectivity index (χ1v) is 6.79. The number of hydrogen-bond acceptors (Lipinski definition) is 0. The standard InChI is InChI=1S/C19H19.2ClH.Zr/c1-12-5-13(2)7-16(6-12)18-10-14(3)8-17-9-15(4)11-19(17)18;;;/h5-11H,1-4H3;2*1H;/q-1;;;+3/p-2. The smallest absolute Gasteiger partial charge is 1.00 e. The van der Waals surface area contributed by atoms with Crippen LogP contribution in [0.2, 0.25) is 0 Å². The summed E-state index contributed by atoms with van der Waals surface area (Å²) < 4.78 is 0. The van der Waals surface area contributed by atoms with Gasteiger partial charge in [0, 0.05) is 0 Å². The minimum absolute atomic E-state index is 0. The van der Waals surface area contributed by atoms with Gasteiger partial charge in [0.15, 0.2) is 0 Å². The van der Waals surface area contributed by atoms with Crippen LogP contribution in [0.1, 0.15) is 22.3 Å². The van der Waals surface area contributed by atoms with Crippen molar-refractivity contribution in [1.82, 2.24) is 0 Å². The van der Waals surface area contributed by atoms with Crippen molar-refractivity contribution in [3.63, 3.8) is 0 Å². The molecule has 0 bridgehead atoms. The van der Waals surface area contributed by atoms with E-state index >= 15 is 0 Å². The minimum atomic E-state index is 0. The Kier molecular flexibility index (Phi) is 8.20. The van der Waals surface area contributed by atoms with Crippen LogP contribution in [0.3, 0.4) is 0 Å². The second-order valence-electron chi connectivity index (χ2n) is 5.72. The van der Waals surface area contributed by atoms with Crippen molar-refractivity contribution >= 4 is 10.8 Å². The summed E-state index contributed by atoms with van der Waals surface area (Å²) in [5.74, 6) is 0. The van der Waals surface area contributed by atoms with Crippen LogP contribution in [-0.2, 0) is 26.2 Å². The first kappa shape index (κ1) is 21.5. The molecule has 0 saturated carbocycles. The minimum Gasteiger partial charge on any atom is -1.00 e. The zero-order chi connectivity index (χ0) is 13.6. The third-order valence-corrected chi connectivity index (χ3v) is 3.64. The van der Waals surface area contributed by atoms with Crippen LogP contribution in [0.5, 0.6) is 0 Å². The molecule has 0 unspecified atom stereocenters. The largest absolute Gasteiger partial charge is 3.00 e. The summed E-state index contributed by atoms with van der Waals surface area (Å²) in [5, 5.41) is 2.72. The zero-order valence-corrected chi connectivity index (χ0v) is 17.3. The van der Waals surface area contributed by atoms with Gasteiger partial charge in [-0.2, -0.15) is 6.07 Å². The number of rotatable bonds is 1. The van der Waals surface area contributed by atoms with Gasteiger partial charge in [-0.3, -0.25) is 0 Å². The van der Waals surface area contributed by atoms with Crippen molar-refractivity contribution in [3.8, 4) is 11.1 Å². The van der Waals surface area contributed by atoms with Gasteiger partial charge in [-0.25, -0.2) is 0 Å². The summed E-state index contributed by atoms with van der Waals surface area (Å²) in [4.78, 5) is 0. The van der Waals surface area contributed by atoms with Gasteiger partial charge in [-0.1, -0.05) is 53.4 Å². The van der Waals surface area contributed by atoms with Crippen molar-refractivity contribution in [2.75, 3.05) is 0 Å². The van der Waals surface area contributed by atoms with Crippen LogP contribution < -0.4 is 24.8 Å². The predicted octanol–water partition coefficient (Wildman–Crippen LogP) is -0.535. The van der Waals surface area contributed by atoms with Gasteiger partial charge < -0.3 is 24.8 Å². The Morgan fingerprint density at radius 1 is 0.682 bits per heavy atom. The average Bonchev–Trinajstić information content (AvgIpc) is 2.66. The molecule has 22 heavy (non-hydrogen) atoms. The van der Waals surface area contributed by atoms with E-state index in [1.807, 2.05) is 0 Å². The van der Waals surface area contributed by atoms with Crippen LogP contribution in [-0.4, -0.2) is 0 Å². The van der Waals surface area contributed by atoms with Crippen molar-refractivity contribution in [1.29, 1.82) is 0 Å². The van der Waals surface area contributed by atoms with E-state index in [4.69, 9.17) is 0 Å². The fourth-order valence-corrected chi connectivity index (χ4v) is 2.99. The zero-order valence-electron chi connectivity index (χ0n) is 13.3. The first-order chi connectivity index (χ1) is 9.02. The number of halogens is 2. The monoisotopic (exact) mass is 407 g/mol. The Hall–Kier alpha value is -0.487. The predicted molar refractivity (Wildman–Crippen MR) is 83.9 cm³/mol. The molecule has 0 N–H and O–H groups in total. The molecule has 3 aromatic rings. The van der Waals surface area contributed by atoms with Crippen LogP contribution >= 0.6 is 0 Å². The van der Waals surface area contributed by atoms with Gasteiger partial charge in [0.1, 0.15) is 0 Å². The van der Waals surface area contributed by atoms with E-state index in [0.29, 0.717) is 0 Å². The molecule has 0 fully saturated rings. The Morgan fingerprint density at radius 2 is 1.23 bits per heavy atom. The number of fused-ring (bicyclic) bond motifs is 1. The van der Waals surface area contributed by atoms with Crippen LogP contribution in [0.4, 0.5) is 0 Å². The van der Waals surface area contributed by atoms with Crippen molar-refractivity contribution < 1.29 is 51.0 Å². The molecule has 0 nitrogen and oxygen atoms in total. The fraction of sp³-hybridized carbons (Fsp3) is 0.211. The SMILES string of the molecule is Cc1cc(C)cc(-c2cc(C)cc3[cH-]c(C)cc23)c1.[Cl-].[Cl-].[Zr+3]. The molecule has 113 valence electrons. The Labute approximate surface area is 164 Å². The first-order valence-electron chi connectivity index (χ1n) is 6.79. The van der Waals surface area contributed by atoms with Crippen molar-refractivity contribution in [3.05, 3.63) is 64.7 Å². The van der Waals surface area contributed by atoms with E-state index in [0.717, 1.165) is 0 Å². The van der Waals surface area contributed by atoms with Crippen molar-refractivity contribution in [2.24, 2.45) is 0 Å². The maximum absolute atomic E-state index is 2.30. The topological polar surface area (TPSA) is 0 Å². The van der Waals surface area contributed by atoms with E-state index < -0.39 is 0 Å². The Morgan fingerprint density at radius 3 is 1.82 bits per heavy atom. The van der Waals surface area contributed by atoms with E-state index in [1.54, 1.807) is 0 Å². The molecule has 0 heterocycles. The molecule has 0 saturated heterocycles. The maximum Gasteiger partial charge on any atom is 3.00 e. The molecule has 0 amide bonds. The fourth-order valence-electron chi connectivity index (χ4n) is 2.99. The van der Waals surface area contributed by atoms with Gasteiger partial charge in [0.2, 0.25) is 0 Å². The van der Waals surface area contributed by atoms with E-state index in [-0.39, 0.29) is 51.0 Å². The molecule has 0 atom stereocenters. The van der Waals surface area contributed by atoms with Gasteiger partial charge in [-0.05, 0) is 26.3 Å². The second kappa shape index (κ2) is 8.39. The maximum atomic E-state index is 2.30. The average molecular weight is 409 g/mol. The normalized spacial score (nSPS) is 9.64. The molecule has 0 aliphatic heterocycles. The molecule has 3 rings (SSSR count). The molecule has 0 aliphatic rings. The van der Waals surface area contributed by atoms with Crippen LogP contribution in [0.15, 0.2) is 42.5 Å². The summed E-state index contributed by atoms with van der Waals surface area (Å²) >= 11 is 0. The molecule has 1 radical (unpaired) electrons. The van der Waals surface area contributed by atoms with E-state index in [9.17, 15) is 0 Å². The summed E-state index contributed by atoms with van der Waals surface area (Å²) in [6, 6.07) is 15.9. The van der Waals surface area contributed by atoms with Crippen molar-refractivity contribution in [2.45, 2.75) is 27.7 Å². The second-order valence-corrected chi connectivity index (χ2v) is 5.72. The molecular formula is C19H19Cl2Zr. The molecular weight excluding hydrogens is 390 g/mol. The number of benzene rings is 2. The van der Waals surface area contributed by atoms with E-state index in [2.05, 4.69) is 70.2 Å². The quantitative estimate of drug-likeness (QED) is 0.474. The molecule has 0 spiro atoms. The third kappa shape index (κ3) is 4.28. The molecule has 0 aliphatic carbocycles. The van der Waals surface area contributed by atoms with Crippen LogP contribution in [0, 0.1) is 27.7 Å².